The summed E-state index contributed by atoms with van der Waals surface area (Å²) >= 11 is 0. The van der Waals surface area contributed by atoms with Crippen molar-refractivity contribution in [2.75, 3.05) is 34.2 Å². The third-order valence-electron chi connectivity index (χ3n) is 5.65. The van der Waals surface area contributed by atoms with Gasteiger partial charge in [0.25, 0.3) is 0 Å². The normalized spacial score (nSPS) is 18.8. The Kier molecular flexibility index (Phi) is 7.10. The van der Waals surface area contributed by atoms with E-state index in [1.165, 1.54) is 16.7 Å². The lowest BCUT2D eigenvalue weighted by atomic mass is 9.81. The summed E-state index contributed by atoms with van der Waals surface area (Å²) < 4.78 is 20.1. The molecule has 29 heavy (non-hydrogen) atoms. The van der Waals surface area contributed by atoms with Crippen LogP contribution in [0.15, 0.2) is 42.5 Å². The first-order valence-electron chi connectivity index (χ1n) is 10.7. The van der Waals surface area contributed by atoms with Gasteiger partial charge < -0.3 is 14.5 Å². The molecule has 1 atom stereocenters. The van der Waals surface area contributed by atoms with E-state index in [1.807, 2.05) is 12.1 Å². The van der Waals surface area contributed by atoms with Gasteiger partial charge in [0, 0.05) is 13.1 Å². The van der Waals surface area contributed by atoms with Gasteiger partial charge in [0.2, 0.25) is 0 Å². The van der Waals surface area contributed by atoms with Crippen molar-refractivity contribution in [2.45, 2.75) is 45.4 Å². The molecule has 0 N–H and O–H groups in total. The van der Waals surface area contributed by atoms with Crippen LogP contribution in [0.3, 0.4) is 0 Å². The number of halogens is 1. The standard InChI is InChI=1S/C25H35FN2O/c1-19(2)16-28(5)17-20-7-12-24-21(15-20)18-29-25(24,13-6-14-27(3)4)22-8-10-23(26)11-9-22/h7-12,15,19H,6,13-14,16-18H2,1-5H3. The summed E-state index contributed by atoms with van der Waals surface area (Å²) in [7, 11) is 6.36. The Morgan fingerprint density at radius 3 is 2.45 bits per heavy atom. The predicted octanol–water partition coefficient (Wildman–Crippen LogP) is 5.03. The molecule has 158 valence electrons. The second-order valence-electron chi connectivity index (χ2n) is 9.11. The lowest BCUT2D eigenvalue weighted by Gasteiger charge is -2.31. The molecule has 0 aromatic heterocycles. The molecule has 0 spiro atoms. The molecule has 1 unspecified atom stereocenters. The number of nitrogens with zero attached hydrogens (tertiary/aromatic N) is 2. The lowest BCUT2D eigenvalue weighted by molar-refractivity contribution is -0.0140. The zero-order valence-electron chi connectivity index (χ0n) is 18.5. The van der Waals surface area contributed by atoms with Crippen LogP contribution in [0.1, 0.15) is 48.9 Å². The van der Waals surface area contributed by atoms with Gasteiger partial charge >= 0.3 is 0 Å². The van der Waals surface area contributed by atoms with Crippen molar-refractivity contribution in [3.63, 3.8) is 0 Å². The second-order valence-corrected chi connectivity index (χ2v) is 9.11. The average Bonchev–Trinajstić information content (AvgIpc) is 3.00. The number of hydrogen-bond acceptors (Lipinski definition) is 3. The molecule has 0 saturated heterocycles. The molecule has 0 fully saturated rings. The minimum atomic E-state index is -0.485. The van der Waals surface area contributed by atoms with Crippen molar-refractivity contribution >= 4 is 0 Å². The van der Waals surface area contributed by atoms with Crippen LogP contribution < -0.4 is 0 Å². The van der Waals surface area contributed by atoms with Gasteiger partial charge in [0.15, 0.2) is 0 Å². The van der Waals surface area contributed by atoms with E-state index in [1.54, 1.807) is 12.1 Å². The SMILES string of the molecule is CC(C)CN(C)Cc1ccc2c(c1)COC2(CCCN(C)C)c1ccc(F)cc1. The fraction of sp³-hybridized carbons (Fsp3) is 0.520. The summed E-state index contributed by atoms with van der Waals surface area (Å²) in [6, 6.07) is 13.6. The Bertz CT molecular complexity index is 803. The highest BCUT2D eigenvalue weighted by Crippen LogP contribution is 2.45. The first kappa shape index (κ1) is 21.9. The van der Waals surface area contributed by atoms with E-state index in [0.717, 1.165) is 38.0 Å². The number of hydrogen-bond donors (Lipinski definition) is 0. The van der Waals surface area contributed by atoms with Crippen molar-refractivity contribution in [2.24, 2.45) is 5.92 Å². The zero-order chi connectivity index (χ0) is 21.0. The molecule has 1 aliphatic rings. The van der Waals surface area contributed by atoms with Crippen molar-refractivity contribution in [3.05, 3.63) is 70.5 Å². The van der Waals surface area contributed by atoms with Crippen LogP contribution in [0.2, 0.25) is 0 Å². The zero-order valence-corrected chi connectivity index (χ0v) is 18.5. The molecule has 1 heterocycles. The average molecular weight is 399 g/mol. The van der Waals surface area contributed by atoms with E-state index in [9.17, 15) is 4.39 Å². The number of ether oxygens (including phenoxy) is 1. The largest absolute Gasteiger partial charge is 0.361 e. The van der Waals surface area contributed by atoms with Gasteiger partial charge in [-0.2, -0.15) is 0 Å². The van der Waals surface area contributed by atoms with Crippen molar-refractivity contribution in [1.29, 1.82) is 0 Å². The summed E-state index contributed by atoms with van der Waals surface area (Å²) in [5.74, 6) is 0.444. The Hall–Kier alpha value is -1.75. The topological polar surface area (TPSA) is 15.7 Å². The van der Waals surface area contributed by atoms with Gasteiger partial charge in [-0.05, 0) is 80.8 Å². The molecule has 0 aliphatic carbocycles. The van der Waals surface area contributed by atoms with Gasteiger partial charge in [-0.3, -0.25) is 0 Å². The van der Waals surface area contributed by atoms with E-state index in [-0.39, 0.29) is 5.82 Å². The van der Waals surface area contributed by atoms with Crippen LogP contribution in [0.25, 0.3) is 0 Å². The Morgan fingerprint density at radius 1 is 1.07 bits per heavy atom. The van der Waals surface area contributed by atoms with Crippen LogP contribution in [0.4, 0.5) is 4.39 Å². The predicted molar refractivity (Wildman–Crippen MR) is 117 cm³/mol. The maximum absolute atomic E-state index is 13.6. The van der Waals surface area contributed by atoms with Gasteiger partial charge in [0.1, 0.15) is 11.4 Å². The molecule has 0 radical (unpaired) electrons. The Labute approximate surface area is 175 Å². The molecule has 0 bridgehead atoms. The molecule has 0 amide bonds. The summed E-state index contributed by atoms with van der Waals surface area (Å²) in [5.41, 5.74) is 4.37. The van der Waals surface area contributed by atoms with E-state index in [4.69, 9.17) is 4.74 Å². The van der Waals surface area contributed by atoms with Crippen LogP contribution in [0, 0.1) is 11.7 Å². The summed E-state index contributed by atoms with van der Waals surface area (Å²) in [6.07, 6.45) is 1.90. The van der Waals surface area contributed by atoms with E-state index < -0.39 is 5.60 Å². The maximum atomic E-state index is 13.6. The van der Waals surface area contributed by atoms with Crippen molar-refractivity contribution in [1.82, 2.24) is 9.80 Å². The van der Waals surface area contributed by atoms with E-state index in [2.05, 4.69) is 63.0 Å². The third-order valence-corrected chi connectivity index (χ3v) is 5.65. The molecule has 4 heteroatoms. The summed E-state index contributed by atoms with van der Waals surface area (Å²) in [5, 5.41) is 0. The van der Waals surface area contributed by atoms with E-state index in [0.29, 0.717) is 12.5 Å². The van der Waals surface area contributed by atoms with Crippen LogP contribution in [-0.2, 0) is 23.5 Å². The fourth-order valence-corrected chi connectivity index (χ4v) is 4.49. The second kappa shape index (κ2) is 9.38. The van der Waals surface area contributed by atoms with Crippen molar-refractivity contribution in [3.8, 4) is 0 Å². The third kappa shape index (κ3) is 5.25. The summed E-state index contributed by atoms with van der Waals surface area (Å²) in [4.78, 5) is 4.56. The first-order valence-corrected chi connectivity index (χ1v) is 10.7. The molecule has 0 saturated carbocycles. The number of fused-ring (bicyclic) bond motifs is 1. The molecule has 1 aliphatic heterocycles. The number of benzene rings is 2. The highest BCUT2D eigenvalue weighted by Gasteiger charge is 2.41. The maximum Gasteiger partial charge on any atom is 0.123 e. The molecule has 3 nitrogen and oxygen atoms in total. The van der Waals surface area contributed by atoms with Gasteiger partial charge in [0.05, 0.1) is 6.61 Å². The van der Waals surface area contributed by atoms with Gasteiger partial charge in [-0.1, -0.05) is 44.2 Å². The van der Waals surface area contributed by atoms with Gasteiger partial charge in [-0.15, -0.1) is 0 Å². The minimum absolute atomic E-state index is 0.209. The summed E-state index contributed by atoms with van der Waals surface area (Å²) in [6.45, 7) is 8.12. The Morgan fingerprint density at radius 2 is 1.79 bits per heavy atom. The smallest absolute Gasteiger partial charge is 0.123 e. The van der Waals surface area contributed by atoms with Crippen LogP contribution in [-0.4, -0.2) is 44.0 Å². The molecular weight excluding hydrogens is 363 g/mol. The van der Waals surface area contributed by atoms with E-state index >= 15 is 0 Å². The Balaban J connectivity index is 1.89. The fourth-order valence-electron chi connectivity index (χ4n) is 4.49. The molecule has 3 rings (SSSR count). The number of rotatable bonds is 9. The molecule has 2 aromatic rings. The first-order chi connectivity index (χ1) is 13.8. The molecule has 2 aromatic carbocycles. The molecular formula is C25H35FN2O. The monoisotopic (exact) mass is 398 g/mol. The highest BCUT2D eigenvalue weighted by atomic mass is 19.1. The van der Waals surface area contributed by atoms with Crippen molar-refractivity contribution < 1.29 is 9.13 Å². The lowest BCUT2D eigenvalue weighted by Crippen LogP contribution is -2.28. The van der Waals surface area contributed by atoms with Gasteiger partial charge in [-0.25, -0.2) is 4.39 Å². The highest BCUT2D eigenvalue weighted by molar-refractivity contribution is 5.45. The van der Waals surface area contributed by atoms with Crippen LogP contribution in [0.5, 0.6) is 0 Å². The quantitative estimate of drug-likeness (QED) is 0.589. The van der Waals surface area contributed by atoms with Crippen LogP contribution >= 0.6 is 0 Å². The minimum Gasteiger partial charge on any atom is -0.361 e.